The maximum absolute atomic E-state index is 12.8. The number of rotatable bonds is 10. The first-order valence-electron chi connectivity index (χ1n) is 8.44. The first kappa shape index (κ1) is 20.7. The Morgan fingerprint density at radius 1 is 1.12 bits per heavy atom. The maximum Gasteiger partial charge on any atom is 0.244 e. The van der Waals surface area contributed by atoms with Crippen molar-refractivity contribution < 1.29 is 17.5 Å². The van der Waals surface area contributed by atoms with Crippen molar-refractivity contribution in [3.05, 3.63) is 48.4 Å². The number of pyridine rings is 1. The minimum absolute atomic E-state index is 0.213. The van der Waals surface area contributed by atoms with Crippen LogP contribution in [0.3, 0.4) is 0 Å². The third-order valence-electron chi connectivity index (χ3n) is 3.67. The fraction of sp³-hybridized carbons (Fsp3) is 0.389. The summed E-state index contributed by atoms with van der Waals surface area (Å²) in [6.45, 7) is 5.01. The lowest BCUT2D eigenvalue weighted by atomic mass is 10.3. The summed E-state index contributed by atoms with van der Waals surface area (Å²) in [5.41, 5.74) is 0. The van der Waals surface area contributed by atoms with Crippen LogP contribution < -0.4 is 4.74 Å². The third kappa shape index (κ3) is 5.69. The van der Waals surface area contributed by atoms with Crippen LogP contribution in [0.25, 0.3) is 0 Å². The minimum Gasteiger partial charge on any atom is -0.494 e. The highest BCUT2D eigenvalue weighted by Crippen LogP contribution is 2.20. The van der Waals surface area contributed by atoms with E-state index in [-0.39, 0.29) is 10.7 Å². The van der Waals surface area contributed by atoms with Crippen molar-refractivity contribution in [2.24, 2.45) is 0 Å². The summed E-state index contributed by atoms with van der Waals surface area (Å²) in [7, 11) is -3.47. The van der Waals surface area contributed by atoms with Gasteiger partial charge in [-0.3, -0.25) is 0 Å². The summed E-state index contributed by atoms with van der Waals surface area (Å²) < 4.78 is 44.5. The van der Waals surface area contributed by atoms with Crippen molar-refractivity contribution in [2.45, 2.75) is 30.2 Å². The van der Waals surface area contributed by atoms with Crippen LogP contribution >= 0.6 is 11.8 Å². The normalized spacial score (nSPS) is 11.7. The van der Waals surface area contributed by atoms with Crippen LogP contribution in [0, 0.1) is 5.82 Å². The fourth-order valence-electron chi connectivity index (χ4n) is 2.27. The van der Waals surface area contributed by atoms with Gasteiger partial charge in [0.1, 0.15) is 16.5 Å². The van der Waals surface area contributed by atoms with E-state index in [9.17, 15) is 12.8 Å². The van der Waals surface area contributed by atoms with Crippen molar-refractivity contribution in [2.75, 3.05) is 25.4 Å². The smallest absolute Gasteiger partial charge is 0.244 e. The zero-order valence-electron chi connectivity index (χ0n) is 14.9. The number of aromatic nitrogens is 1. The van der Waals surface area contributed by atoms with Gasteiger partial charge in [-0.05, 0) is 42.8 Å². The minimum atomic E-state index is -3.47. The standard InChI is InChI=1S/C18H23FN2O3S2/c1-3-21(4-2)26(22,23)17-10-11-18(20-14-17)25-13-5-12-24-16-8-6-15(19)7-9-16/h6-11,14H,3-5,12-13H2,1-2H3. The Morgan fingerprint density at radius 3 is 2.38 bits per heavy atom. The number of sulfonamides is 1. The predicted octanol–water partition coefficient (Wildman–Crippen LogP) is 3.81. The van der Waals surface area contributed by atoms with Gasteiger partial charge in [-0.15, -0.1) is 11.8 Å². The summed E-state index contributed by atoms with van der Waals surface area (Å²) >= 11 is 1.54. The molecule has 0 atom stereocenters. The second-order valence-electron chi connectivity index (χ2n) is 5.43. The van der Waals surface area contributed by atoms with Gasteiger partial charge >= 0.3 is 0 Å². The number of thioether (sulfide) groups is 1. The Bertz CT molecular complexity index is 777. The summed E-state index contributed by atoms with van der Waals surface area (Å²) in [5, 5.41) is 0.769. The summed E-state index contributed by atoms with van der Waals surface area (Å²) in [6, 6.07) is 9.24. The Hall–Kier alpha value is -1.64. The molecule has 0 spiro atoms. The largest absolute Gasteiger partial charge is 0.494 e. The van der Waals surface area contributed by atoms with Gasteiger partial charge in [0, 0.05) is 25.0 Å². The molecule has 0 saturated carbocycles. The van der Waals surface area contributed by atoms with Crippen molar-refractivity contribution in [3.8, 4) is 5.75 Å². The zero-order valence-corrected chi connectivity index (χ0v) is 16.5. The van der Waals surface area contributed by atoms with Crippen LogP contribution in [-0.2, 0) is 10.0 Å². The SMILES string of the molecule is CCN(CC)S(=O)(=O)c1ccc(SCCCOc2ccc(F)cc2)nc1. The van der Waals surface area contributed by atoms with Crippen LogP contribution in [-0.4, -0.2) is 43.2 Å². The molecule has 1 heterocycles. The molecule has 2 aromatic rings. The van der Waals surface area contributed by atoms with E-state index in [1.54, 1.807) is 24.3 Å². The van der Waals surface area contributed by atoms with Gasteiger partial charge in [0.25, 0.3) is 0 Å². The maximum atomic E-state index is 12.8. The number of hydrogen-bond acceptors (Lipinski definition) is 5. The quantitative estimate of drug-likeness (QED) is 0.450. The molecular weight excluding hydrogens is 375 g/mol. The van der Waals surface area contributed by atoms with Crippen molar-refractivity contribution in [1.29, 1.82) is 0 Å². The van der Waals surface area contributed by atoms with E-state index < -0.39 is 10.0 Å². The zero-order chi connectivity index (χ0) is 19.0. The molecule has 0 aliphatic carbocycles. The summed E-state index contributed by atoms with van der Waals surface area (Å²) in [5.74, 6) is 1.14. The molecule has 0 fully saturated rings. The molecule has 0 amide bonds. The predicted molar refractivity (Wildman–Crippen MR) is 102 cm³/mol. The van der Waals surface area contributed by atoms with E-state index in [0.717, 1.165) is 17.2 Å². The Kier molecular flexibility index (Phi) is 7.86. The lowest BCUT2D eigenvalue weighted by molar-refractivity contribution is 0.318. The van der Waals surface area contributed by atoms with Gasteiger partial charge in [-0.2, -0.15) is 4.31 Å². The van der Waals surface area contributed by atoms with E-state index in [1.165, 1.54) is 34.4 Å². The molecule has 0 aliphatic rings. The molecule has 0 saturated heterocycles. The van der Waals surface area contributed by atoms with Crippen LogP contribution in [0.1, 0.15) is 20.3 Å². The van der Waals surface area contributed by atoms with E-state index >= 15 is 0 Å². The molecule has 26 heavy (non-hydrogen) atoms. The molecule has 0 bridgehead atoms. The van der Waals surface area contributed by atoms with Crippen LogP contribution in [0.15, 0.2) is 52.5 Å². The number of nitrogens with zero attached hydrogens (tertiary/aromatic N) is 2. The number of ether oxygens (including phenoxy) is 1. The Morgan fingerprint density at radius 2 is 1.81 bits per heavy atom. The molecule has 0 radical (unpaired) electrons. The molecule has 0 aliphatic heterocycles. The van der Waals surface area contributed by atoms with Crippen LogP contribution in [0.5, 0.6) is 5.75 Å². The van der Waals surface area contributed by atoms with E-state index in [0.29, 0.717) is 25.4 Å². The molecule has 0 N–H and O–H groups in total. The third-order valence-corrected chi connectivity index (χ3v) is 6.74. The Balaban J connectivity index is 1.79. The summed E-state index contributed by atoms with van der Waals surface area (Å²) in [6.07, 6.45) is 2.20. The van der Waals surface area contributed by atoms with Gasteiger partial charge in [0.05, 0.1) is 11.6 Å². The molecular formula is C18H23FN2O3S2. The van der Waals surface area contributed by atoms with Crippen LogP contribution in [0.2, 0.25) is 0 Å². The molecule has 0 unspecified atom stereocenters. The van der Waals surface area contributed by atoms with Crippen molar-refractivity contribution >= 4 is 21.8 Å². The fourth-order valence-corrected chi connectivity index (χ4v) is 4.44. The highest BCUT2D eigenvalue weighted by Gasteiger charge is 2.21. The van der Waals surface area contributed by atoms with Gasteiger partial charge in [-0.1, -0.05) is 13.8 Å². The van der Waals surface area contributed by atoms with Gasteiger partial charge in [0.15, 0.2) is 0 Å². The first-order chi connectivity index (χ1) is 12.5. The highest BCUT2D eigenvalue weighted by atomic mass is 32.2. The van der Waals surface area contributed by atoms with Crippen molar-refractivity contribution in [1.82, 2.24) is 9.29 Å². The number of benzene rings is 1. The lowest BCUT2D eigenvalue weighted by Crippen LogP contribution is -2.30. The van der Waals surface area contributed by atoms with E-state index in [4.69, 9.17) is 4.74 Å². The van der Waals surface area contributed by atoms with Gasteiger partial charge in [0.2, 0.25) is 10.0 Å². The second-order valence-corrected chi connectivity index (χ2v) is 8.48. The monoisotopic (exact) mass is 398 g/mol. The van der Waals surface area contributed by atoms with E-state index in [1.807, 2.05) is 13.8 Å². The molecule has 2 rings (SSSR count). The molecule has 1 aromatic carbocycles. The summed E-state index contributed by atoms with van der Waals surface area (Å²) in [4.78, 5) is 4.45. The molecule has 8 heteroatoms. The number of hydrogen-bond donors (Lipinski definition) is 0. The van der Waals surface area contributed by atoms with Gasteiger partial charge in [-0.25, -0.2) is 17.8 Å². The average Bonchev–Trinajstić information content (AvgIpc) is 2.64. The Labute approximate surface area is 158 Å². The molecule has 142 valence electrons. The molecule has 1 aromatic heterocycles. The lowest BCUT2D eigenvalue weighted by Gasteiger charge is -2.18. The topological polar surface area (TPSA) is 59.5 Å². The van der Waals surface area contributed by atoms with E-state index in [2.05, 4.69) is 4.98 Å². The number of halogens is 1. The van der Waals surface area contributed by atoms with Gasteiger partial charge < -0.3 is 4.74 Å². The van der Waals surface area contributed by atoms with Crippen LogP contribution in [0.4, 0.5) is 4.39 Å². The second kappa shape index (κ2) is 9.89. The highest BCUT2D eigenvalue weighted by molar-refractivity contribution is 7.99. The average molecular weight is 399 g/mol. The first-order valence-corrected chi connectivity index (χ1v) is 10.9. The van der Waals surface area contributed by atoms with Crippen molar-refractivity contribution in [3.63, 3.8) is 0 Å². The molecule has 5 nitrogen and oxygen atoms in total.